The molecule has 2 aromatic rings. The second kappa shape index (κ2) is 8.24. The summed E-state index contributed by atoms with van der Waals surface area (Å²) in [5.74, 6) is -1.69. The number of carbonyl (C=O) groups is 2. The van der Waals surface area contributed by atoms with Gasteiger partial charge >= 0.3 is 0 Å². The van der Waals surface area contributed by atoms with Crippen LogP contribution in [0.3, 0.4) is 0 Å². The van der Waals surface area contributed by atoms with Crippen molar-refractivity contribution >= 4 is 11.8 Å². The van der Waals surface area contributed by atoms with Gasteiger partial charge in [0.05, 0.1) is 18.4 Å². The molecule has 2 amide bonds. The Kier molecular flexibility index (Phi) is 6.06. The van der Waals surface area contributed by atoms with Crippen LogP contribution >= 0.6 is 0 Å². The number of carbonyl (C=O) groups excluding carboxylic acids is 2. The molecule has 1 aromatic carbocycles. The Morgan fingerprint density at radius 3 is 2.71 bits per heavy atom. The second-order valence-corrected chi connectivity index (χ2v) is 5.31. The summed E-state index contributed by atoms with van der Waals surface area (Å²) in [6.45, 7) is 0.592. The van der Waals surface area contributed by atoms with Crippen molar-refractivity contribution in [3.05, 3.63) is 59.6 Å². The highest BCUT2D eigenvalue weighted by molar-refractivity contribution is 5.94. The van der Waals surface area contributed by atoms with Crippen LogP contribution < -0.4 is 5.32 Å². The fourth-order valence-corrected chi connectivity index (χ4v) is 2.13. The lowest BCUT2D eigenvalue weighted by molar-refractivity contribution is -0.130. The van der Waals surface area contributed by atoms with Crippen molar-refractivity contribution in [3.8, 4) is 0 Å². The van der Waals surface area contributed by atoms with Gasteiger partial charge < -0.3 is 14.6 Å². The number of benzene rings is 1. The molecule has 7 heteroatoms. The van der Waals surface area contributed by atoms with Crippen LogP contribution in [0.1, 0.15) is 29.0 Å². The van der Waals surface area contributed by atoms with E-state index in [1.807, 2.05) is 0 Å². The summed E-state index contributed by atoms with van der Waals surface area (Å²) in [5.41, 5.74) is -0.224. The van der Waals surface area contributed by atoms with Crippen molar-refractivity contribution < 1.29 is 22.8 Å². The third kappa shape index (κ3) is 4.91. The SMILES string of the molecule is CN(Cc1ccco1)C(=O)CCCNC(=O)c1ccc(F)cc1F. The minimum atomic E-state index is -0.915. The Balaban J connectivity index is 1.72. The van der Waals surface area contributed by atoms with E-state index in [1.165, 1.54) is 11.2 Å². The average molecular weight is 336 g/mol. The molecule has 1 heterocycles. The quantitative estimate of drug-likeness (QED) is 0.791. The van der Waals surface area contributed by atoms with Crippen molar-refractivity contribution in [2.75, 3.05) is 13.6 Å². The van der Waals surface area contributed by atoms with Gasteiger partial charge in [-0.2, -0.15) is 0 Å². The summed E-state index contributed by atoms with van der Waals surface area (Å²) >= 11 is 0. The summed E-state index contributed by atoms with van der Waals surface area (Å²) in [7, 11) is 1.66. The van der Waals surface area contributed by atoms with Crippen LogP contribution in [-0.2, 0) is 11.3 Å². The van der Waals surface area contributed by atoms with E-state index in [1.54, 1.807) is 19.2 Å². The smallest absolute Gasteiger partial charge is 0.254 e. The number of nitrogens with one attached hydrogen (secondary N) is 1. The summed E-state index contributed by atoms with van der Waals surface area (Å²) in [4.78, 5) is 25.3. The van der Waals surface area contributed by atoms with Crippen LogP contribution in [0.4, 0.5) is 8.78 Å². The number of rotatable bonds is 7. The van der Waals surface area contributed by atoms with Crippen molar-refractivity contribution in [1.29, 1.82) is 0 Å². The Morgan fingerprint density at radius 2 is 2.04 bits per heavy atom. The van der Waals surface area contributed by atoms with E-state index in [0.29, 0.717) is 24.8 Å². The van der Waals surface area contributed by atoms with Crippen LogP contribution in [0.2, 0.25) is 0 Å². The van der Waals surface area contributed by atoms with Crippen molar-refractivity contribution in [1.82, 2.24) is 10.2 Å². The highest BCUT2D eigenvalue weighted by Gasteiger charge is 2.13. The molecular weight excluding hydrogens is 318 g/mol. The highest BCUT2D eigenvalue weighted by atomic mass is 19.1. The number of furan rings is 1. The zero-order chi connectivity index (χ0) is 17.5. The molecule has 1 aromatic heterocycles. The monoisotopic (exact) mass is 336 g/mol. The molecule has 0 aliphatic carbocycles. The maximum Gasteiger partial charge on any atom is 0.254 e. The lowest BCUT2D eigenvalue weighted by Gasteiger charge is -2.15. The van der Waals surface area contributed by atoms with Crippen LogP contribution in [-0.4, -0.2) is 30.3 Å². The van der Waals surface area contributed by atoms with Gasteiger partial charge in [-0.15, -0.1) is 0 Å². The van der Waals surface area contributed by atoms with Gasteiger partial charge in [0.2, 0.25) is 5.91 Å². The minimum absolute atomic E-state index is 0.0892. The number of hydrogen-bond acceptors (Lipinski definition) is 3. The third-order valence-electron chi connectivity index (χ3n) is 3.43. The number of halogens is 2. The molecule has 1 N–H and O–H groups in total. The van der Waals surface area contributed by atoms with Crippen LogP contribution in [0, 0.1) is 11.6 Å². The topological polar surface area (TPSA) is 62.6 Å². The molecule has 0 aliphatic heterocycles. The molecule has 128 valence electrons. The molecule has 0 bridgehead atoms. The molecular formula is C17H18F2N2O3. The van der Waals surface area contributed by atoms with Gasteiger partial charge in [-0.25, -0.2) is 8.78 Å². The molecule has 0 spiro atoms. The molecule has 0 radical (unpaired) electrons. The molecule has 0 fully saturated rings. The fraction of sp³-hybridized carbons (Fsp3) is 0.294. The molecule has 24 heavy (non-hydrogen) atoms. The lowest BCUT2D eigenvalue weighted by Crippen LogP contribution is -2.29. The maximum atomic E-state index is 13.5. The van der Waals surface area contributed by atoms with E-state index >= 15 is 0 Å². The molecule has 0 saturated heterocycles. The summed E-state index contributed by atoms with van der Waals surface area (Å²) < 4.78 is 31.4. The Morgan fingerprint density at radius 1 is 1.25 bits per heavy atom. The first-order valence-corrected chi connectivity index (χ1v) is 7.47. The van der Waals surface area contributed by atoms with Gasteiger partial charge in [-0.05, 0) is 30.7 Å². The predicted molar refractivity (Wildman–Crippen MR) is 83.1 cm³/mol. The molecule has 2 rings (SSSR count). The number of nitrogens with zero attached hydrogens (tertiary/aromatic N) is 1. The first-order valence-electron chi connectivity index (χ1n) is 7.47. The van der Waals surface area contributed by atoms with Gasteiger partial charge in [0.25, 0.3) is 5.91 Å². The van der Waals surface area contributed by atoms with Gasteiger partial charge in [0, 0.05) is 26.1 Å². The van der Waals surface area contributed by atoms with Gasteiger partial charge in [-0.3, -0.25) is 9.59 Å². The summed E-state index contributed by atoms with van der Waals surface area (Å²) in [5, 5.41) is 2.51. The molecule has 0 atom stereocenters. The van der Waals surface area contributed by atoms with Gasteiger partial charge in [0.1, 0.15) is 17.4 Å². The van der Waals surface area contributed by atoms with E-state index < -0.39 is 17.5 Å². The number of hydrogen-bond donors (Lipinski definition) is 1. The Hall–Kier alpha value is -2.70. The van der Waals surface area contributed by atoms with E-state index in [-0.39, 0.29) is 24.4 Å². The van der Waals surface area contributed by atoms with Crippen molar-refractivity contribution in [2.24, 2.45) is 0 Å². The van der Waals surface area contributed by atoms with Gasteiger partial charge in [0.15, 0.2) is 0 Å². The van der Waals surface area contributed by atoms with Crippen molar-refractivity contribution in [3.63, 3.8) is 0 Å². The van der Waals surface area contributed by atoms with Crippen molar-refractivity contribution in [2.45, 2.75) is 19.4 Å². The first-order chi connectivity index (χ1) is 11.5. The van der Waals surface area contributed by atoms with E-state index in [9.17, 15) is 18.4 Å². The standard InChI is InChI=1S/C17H18F2N2O3/c1-21(11-13-4-3-9-24-13)16(22)5-2-8-20-17(23)14-7-6-12(18)10-15(14)19/h3-4,6-7,9-10H,2,5,8,11H2,1H3,(H,20,23). The summed E-state index contributed by atoms with van der Waals surface area (Å²) in [6.07, 6.45) is 2.19. The highest BCUT2D eigenvalue weighted by Crippen LogP contribution is 2.09. The molecule has 5 nitrogen and oxygen atoms in total. The number of amides is 2. The zero-order valence-corrected chi connectivity index (χ0v) is 13.2. The van der Waals surface area contributed by atoms with E-state index in [2.05, 4.69) is 5.32 Å². The predicted octanol–water partition coefficient (Wildman–Crippen LogP) is 2.73. The average Bonchev–Trinajstić information content (AvgIpc) is 3.04. The first kappa shape index (κ1) is 17.7. The van der Waals surface area contributed by atoms with Crippen LogP contribution in [0.15, 0.2) is 41.0 Å². The second-order valence-electron chi connectivity index (χ2n) is 5.31. The molecule has 0 unspecified atom stereocenters. The normalized spacial score (nSPS) is 10.5. The van der Waals surface area contributed by atoms with E-state index in [0.717, 1.165) is 12.1 Å². The molecule has 0 aliphatic rings. The lowest BCUT2D eigenvalue weighted by atomic mass is 10.2. The van der Waals surface area contributed by atoms with E-state index in [4.69, 9.17) is 4.42 Å². The van der Waals surface area contributed by atoms with Crippen LogP contribution in [0.25, 0.3) is 0 Å². The third-order valence-corrected chi connectivity index (χ3v) is 3.43. The van der Waals surface area contributed by atoms with Gasteiger partial charge in [-0.1, -0.05) is 0 Å². The maximum absolute atomic E-state index is 13.5. The largest absolute Gasteiger partial charge is 0.467 e. The zero-order valence-electron chi connectivity index (χ0n) is 13.2. The Labute approximate surface area is 138 Å². The fourth-order valence-electron chi connectivity index (χ4n) is 2.13. The Bertz CT molecular complexity index is 702. The minimum Gasteiger partial charge on any atom is -0.467 e. The summed E-state index contributed by atoms with van der Waals surface area (Å²) in [6, 6.07) is 6.29. The molecule has 0 saturated carbocycles. The van der Waals surface area contributed by atoms with Crippen LogP contribution in [0.5, 0.6) is 0 Å².